The van der Waals surface area contributed by atoms with Crippen molar-refractivity contribution in [2.24, 2.45) is 5.73 Å². The zero-order valence-electron chi connectivity index (χ0n) is 13.2. The summed E-state index contributed by atoms with van der Waals surface area (Å²) in [7, 11) is -2.36. The number of halogens is 1. The van der Waals surface area contributed by atoms with Crippen LogP contribution in [-0.2, 0) is 6.16 Å². The van der Waals surface area contributed by atoms with E-state index in [9.17, 15) is 4.79 Å². The quantitative estimate of drug-likeness (QED) is 0.637. The lowest BCUT2D eigenvalue weighted by Gasteiger charge is -2.23. The molecule has 0 radical (unpaired) electrons. The van der Waals surface area contributed by atoms with Gasteiger partial charge in [-0.05, 0) is 29.8 Å². The first-order valence-electron chi connectivity index (χ1n) is 7.57. The smallest absolute Gasteiger partial charge is 0.367 e. The predicted octanol–water partition coefficient (Wildman–Crippen LogP) is 0.938. The lowest BCUT2D eigenvalue weighted by atomic mass is 10.2. The summed E-state index contributed by atoms with van der Waals surface area (Å²) < 4.78 is 0. The zero-order valence-corrected chi connectivity index (χ0v) is 15.7. The van der Waals surface area contributed by atoms with Crippen LogP contribution in [0.1, 0.15) is 5.56 Å². The molecule has 3 aromatic rings. The highest BCUT2D eigenvalue weighted by Gasteiger charge is 2.49. The first-order valence-corrected chi connectivity index (χ1v) is 9.54. The molecule has 0 aliphatic heterocycles. The minimum Gasteiger partial charge on any atom is -1.00 e. The summed E-state index contributed by atoms with van der Waals surface area (Å²) in [5.74, 6) is 0. The molecule has 0 saturated heterocycles. The second-order valence-electron chi connectivity index (χ2n) is 5.46. The van der Waals surface area contributed by atoms with E-state index in [-0.39, 0.29) is 22.6 Å². The molecule has 0 bridgehead atoms. The fourth-order valence-electron chi connectivity index (χ4n) is 2.89. The van der Waals surface area contributed by atoms with Crippen LogP contribution in [0.2, 0.25) is 0 Å². The van der Waals surface area contributed by atoms with Gasteiger partial charge in [0.2, 0.25) is 0 Å². The molecule has 1 amide bonds. The first kappa shape index (κ1) is 18.4. The van der Waals surface area contributed by atoms with E-state index in [0.717, 1.165) is 16.2 Å². The van der Waals surface area contributed by atoms with Crippen molar-refractivity contribution in [3.8, 4) is 0 Å². The molecule has 0 heterocycles. The van der Waals surface area contributed by atoms with Crippen LogP contribution in [0, 0.1) is 0 Å². The maximum atomic E-state index is 12.7. The van der Waals surface area contributed by atoms with Gasteiger partial charge in [0.25, 0.3) is 0 Å². The standard InChI is InChI=1S/C20H18NOP.BrH/c21-20(22)23(18-12-6-2-7-13-18,19-14-8-3-9-15-19)16-17-10-4-1-5-11-17;/h1-15H,16H2,(H-,21,22);1H. The fraction of sp³-hybridized carbons (Fsp3) is 0.0500. The highest BCUT2D eigenvalue weighted by Crippen LogP contribution is 2.59. The van der Waals surface area contributed by atoms with Gasteiger partial charge >= 0.3 is 5.65 Å². The van der Waals surface area contributed by atoms with E-state index >= 15 is 0 Å². The van der Waals surface area contributed by atoms with Gasteiger partial charge < -0.3 is 22.7 Å². The number of hydrogen-bond acceptors (Lipinski definition) is 1. The van der Waals surface area contributed by atoms with Crippen LogP contribution in [0.15, 0.2) is 91.0 Å². The molecule has 0 aliphatic rings. The van der Waals surface area contributed by atoms with Gasteiger partial charge in [0.15, 0.2) is 7.26 Å². The van der Waals surface area contributed by atoms with E-state index in [4.69, 9.17) is 5.73 Å². The fourth-order valence-corrected chi connectivity index (χ4v) is 6.34. The maximum absolute atomic E-state index is 12.7. The summed E-state index contributed by atoms with van der Waals surface area (Å²) in [4.78, 5) is 12.7. The SMILES string of the molecule is NC(=O)[P+](Cc1ccccc1)(c1ccccc1)c1ccccc1.[Br-]. The second-order valence-corrected chi connectivity index (χ2v) is 8.87. The summed E-state index contributed by atoms with van der Waals surface area (Å²) in [6.07, 6.45) is 0.650. The Morgan fingerprint density at radius 3 is 1.46 bits per heavy atom. The Balaban J connectivity index is 0.00000208. The molecule has 0 spiro atoms. The third-order valence-electron chi connectivity index (χ3n) is 4.03. The second kappa shape index (κ2) is 8.23. The number of benzene rings is 3. The first-order chi connectivity index (χ1) is 11.2. The van der Waals surface area contributed by atoms with Crippen LogP contribution in [0.5, 0.6) is 0 Å². The van der Waals surface area contributed by atoms with Crippen molar-refractivity contribution in [1.29, 1.82) is 0 Å². The average molecular weight is 400 g/mol. The highest BCUT2D eigenvalue weighted by atomic mass is 79.9. The molecule has 122 valence electrons. The topological polar surface area (TPSA) is 43.1 Å². The number of rotatable bonds is 5. The summed E-state index contributed by atoms with van der Waals surface area (Å²) in [5, 5.41) is 2.06. The number of carbonyl (C=O) groups excluding carboxylic acids is 1. The third kappa shape index (κ3) is 3.58. The molecule has 4 heteroatoms. The van der Waals surface area contributed by atoms with Crippen molar-refractivity contribution in [2.45, 2.75) is 6.16 Å². The van der Waals surface area contributed by atoms with E-state index < -0.39 is 7.26 Å². The van der Waals surface area contributed by atoms with Gasteiger partial charge in [-0.25, -0.2) is 4.79 Å². The van der Waals surface area contributed by atoms with E-state index in [1.165, 1.54) is 0 Å². The molecule has 0 fully saturated rings. The maximum Gasteiger partial charge on any atom is 0.367 e. The number of nitrogens with two attached hydrogens (primary N) is 1. The largest absolute Gasteiger partial charge is 1.00 e. The van der Waals surface area contributed by atoms with Crippen molar-refractivity contribution in [3.63, 3.8) is 0 Å². The third-order valence-corrected chi connectivity index (χ3v) is 7.98. The summed E-state index contributed by atoms with van der Waals surface area (Å²) >= 11 is 0. The Hall–Kier alpha value is -1.96. The predicted molar refractivity (Wildman–Crippen MR) is 98.8 cm³/mol. The Kier molecular flexibility index (Phi) is 6.30. The summed E-state index contributed by atoms with van der Waals surface area (Å²) in [6, 6.07) is 30.0. The van der Waals surface area contributed by atoms with Gasteiger partial charge in [0.1, 0.15) is 16.8 Å². The van der Waals surface area contributed by atoms with E-state index in [2.05, 4.69) is 12.1 Å². The van der Waals surface area contributed by atoms with Crippen LogP contribution in [0.25, 0.3) is 0 Å². The van der Waals surface area contributed by atoms with Gasteiger partial charge in [0, 0.05) is 0 Å². The van der Waals surface area contributed by atoms with E-state index in [0.29, 0.717) is 6.16 Å². The minimum absolute atomic E-state index is 0. The van der Waals surface area contributed by atoms with Crippen molar-refractivity contribution in [2.75, 3.05) is 0 Å². The Morgan fingerprint density at radius 2 is 1.08 bits per heavy atom. The van der Waals surface area contributed by atoms with Crippen molar-refractivity contribution < 1.29 is 21.8 Å². The number of carbonyl (C=O) groups is 1. The summed E-state index contributed by atoms with van der Waals surface area (Å²) in [6.45, 7) is 0. The van der Waals surface area contributed by atoms with Crippen LogP contribution in [0.4, 0.5) is 4.79 Å². The number of primary amides is 1. The van der Waals surface area contributed by atoms with Gasteiger partial charge in [-0.3, -0.25) is 0 Å². The van der Waals surface area contributed by atoms with Gasteiger partial charge in [-0.1, -0.05) is 66.7 Å². The molecule has 3 aromatic carbocycles. The highest BCUT2D eigenvalue weighted by molar-refractivity contribution is 8.02. The molecule has 0 atom stereocenters. The van der Waals surface area contributed by atoms with Crippen molar-refractivity contribution in [3.05, 3.63) is 96.6 Å². The molecule has 0 aromatic heterocycles. The van der Waals surface area contributed by atoms with Crippen LogP contribution >= 0.6 is 7.26 Å². The molecule has 24 heavy (non-hydrogen) atoms. The number of amides is 1. The van der Waals surface area contributed by atoms with Gasteiger partial charge in [0.05, 0.1) is 0 Å². The normalized spacial score (nSPS) is 10.7. The number of hydrogen-bond donors (Lipinski definition) is 1. The van der Waals surface area contributed by atoms with Gasteiger partial charge in [-0.15, -0.1) is 0 Å². The zero-order chi connectivity index (χ0) is 16.1. The lowest BCUT2D eigenvalue weighted by Crippen LogP contribution is -3.00. The molecule has 3 rings (SSSR count). The molecular weight excluding hydrogens is 381 g/mol. The van der Waals surface area contributed by atoms with E-state index in [1.807, 2.05) is 78.9 Å². The van der Waals surface area contributed by atoms with E-state index in [1.54, 1.807) is 0 Å². The van der Waals surface area contributed by atoms with Crippen LogP contribution in [-0.4, -0.2) is 5.65 Å². The Labute approximate surface area is 153 Å². The molecule has 2 N–H and O–H groups in total. The van der Waals surface area contributed by atoms with Gasteiger partial charge in [-0.2, -0.15) is 0 Å². The molecule has 2 nitrogen and oxygen atoms in total. The average Bonchev–Trinajstić information content (AvgIpc) is 2.62. The Morgan fingerprint density at radius 1 is 0.708 bits per heavy atom. The molecule has 0 unspecified atom stereocenters. The lowest BCUT2D eigenvalue weighted by molar-refractivity contribution is -0.00000740. The van der Waals surface area contributed by atoms with Crippen LogP contribution in [0.3, 0.4) is 0 Å². The van der Waals surface area contributed by atoms with Crippen molar-refractivity contribution >= 4 is 23.5 Å². The minimum atomic E-state index is -2.36. The van der Waals surface area contributed by atoms with Crippen molar-refractivity contribution in [1.82, 2.24) is 0 Å². The molecule has 0 saturated carbocycles. The van der Waals surface area contributed by atoms with Crippen LogP contribution < -0.4 is 33.3 Å². The monoisotopic (exact) mass is 399 g/mol. The Bertz CT molecular complexity index is 739. The summed E-state index contributed by atoms with van der Waals surface area (Å²) in [5.41, 5.74) is 6.90. The molecule has 0 aliphatic carbocycles. The molecular formula is C20H19BrNOP.